The monoisotopic (exact) mass is 399 g/mol. The van der Waals surface area contributed by atoms with Crippen LogP contribution in [0.1, 0.15) is 17.4 Å². The molecule has 140 valence electrons. The zero-order valence-corrected chi connectivity index (χ0v) is 16.0. The molecule has 0 fully saturated rings. The predicted octanol–water partition coefficient (Wildman–Crippen LogP) is 2.99. The topological polar surface area (TPSA) is 103 Å². The van der Waals surface area contributed by atoms with E-state index >= 15 is 0 Å². The van der Waals surface area contributed by atoms with E-state index in [1.165, 1.54) is 20.4 Å². The predicted molar refractivity (Wildman–Crippen MR) is 98.5 cm³/mol. The van der Waals surface area contributed by atoms with Gasteiger partial charge in [-0.05, 0) is 6.92 Å². The maximum Gasteiger partial charge on any atom is 0.358 e. The molecule has 2 N–H and O–H groups in total. The Morgan fingerprint density at radius 2 is 2.00 bits per heavy atom. The number of thioether (sulfide) groups is 1. The number of hydrogen-bond donors (Lipinski definition) is 2. The van der Waals surface area contributed by atoms with Crippen LogP contribution in [-0.2, 0) is 9.53 Å². The van der Waals surface area contributed by atoms with Crippen LogP contribution in [0.5, 0.6) is 11.5 Å². The molecule has 8 nitrogen and oxygen atoms in total. The second-order valence-corrected chi connectivity index (χ2v) is 6.21. The fraction of sp³-hybridized carbons (Fsp3) is 0.312. The van der Waals surface area contributed by atoms with Gasteiger partial charge in [0.2, 0.25) is 5.91 Å². The van der Waals surface area contributed by atoms with Gasteiger partial charge in [0.05, 0.1) is 37.3 Å². The lowest BCUT2D eigenvalue weighted by atomic mass is 10.2. The maximum atomic E-state index is 12.2. The van der Waals surface area contributed by atoms with Gasteiger partial charge >= 0.3 is 5.97 Å². The maximum absolute atomic E-state index is 12.2. The number of amides is 1. The van der Waals surface area contributed by atoms with Crippen molar-refractivity contribution in [3.63, 3.8) is 0 Å². The molecule has 26 heavy (non-hydrogen) atoms. The van der Waals surface area contributed by atoms with Crippen molar-refractivity contribution in [2.45, 2.75) is 12.1 Å². The number of rotatable bonds is 8. The Labute approximate surface area is 159 Å². The van der Waals surface area contributed by atoms with Crippen molar-refractivity contribution in [3.8, 4) is 11.5 Å². The molecular weight excluding hydrogens is 382 g/mol. The van der Waals surface area contributed by atoms with Crippen LogP contribution in [0, 0.1) is 0 Å². The first-order valence-electron chi connectivity index (χ1n) is 7.55. The number of aromatic amines is 1. The van der Waals surface area contributed by atoms with Crippen LogP contribution in [0.4, 0.5) is 5.69 Å². The SMILES string of the molecule is CCOC(=O)c1c[nH]c(SCC(=O)Nc2cc(OC)c(Cl)cc2OC)n1. The number of nitrogens with zero attached hydrogens (tertiary/aromatic N) is 1. The molecule has 10 heteroatoms. The van der Waals surface area contributed by atoms with Crippen molar-refractivity contribution in [1.29, 1.82) is 0 Å². The quantitative estimate of drug-likeness (QED) is 0.519. The first-order valence-corrected chi connectivity index (χ1v) is 8.91. The second-order valence-electron chi connectivity index (χ2n) is 4.84. The number of H-pyrrole nitrogens is 1. The lowest BCUT2D eigenvalue weighted by Crippen LogP contribution is -2.15. The van der Waals surface area contributed by atoms with Gasteiger partial charge in [0.1, 0.15) is 11.5 Å². The molecule has 1 aromatic heterocycles. The normalized spacial score (nSPS) is 10.3. The number of ether oxygens (including phenoxy) is 3. The number of esters is 1. The highest BCUT2D eigenvalue weighted by Gasteiger charge is 2.15. The molecule has 0 aliphatic rings. The summed E-state index contributed by atoms with van der Waals surface area (Å²) >= 11 is 7.18. The highest BCUT2D eigenvalue weighted by molar-refractivity contribution is 7.99. The molecule has 0 aliphatic carbocycles. The van der Waals surface area contributed by atoms with Gasteiger partial charge in [-0.1, -0.05) is 23.4 Å². The van der Waals surface area contributed by atoms with Gasteiger partial charge < -0.3 is 24.5 Å². The van der Waals surface area contributed by atoms with Crippen LogP contribution < -0.4 is 14.8 Å². The van der Waals surface area contributed by atoms with E-state index in [9.17, 15) is 9.59 Å². The molecule has 1 heterocycles. The number of halogens is 1. The van der Waals surface area contributed by atoms with Gasteiger partial charge in [0, 0.05) is 18.3 Å². The summed E-state index contributed by atoms with van der Waals surface area (Å²) in [5.41, 5.74) is 0.602. The summed E-state index contributed by atoms with van der Waals surface area (Å²) in [6.07, 6.45) is 1.44. The first kappa shape index (κ1) is 19.9. The third-order valence-electron chi connectivity index (χ3n) is 3.13. The summed E-state index contributed by atoms with van der Waals surface area (Å²) < 4.78 is 15.2. The zero-order chi connectivity index (χ0) is 19.1. The first-order chi connectivity index (χ1) is 12.5. The Morgan fingerprint density at radius 3 is 2.65 bits per heavy atom. The van der Waals surface area contributed by atoms with Crippen molar-refractivity contribution in [2.75, 3.05) is 31.9 Å². The van der Waals surface area contributed by atoms with Crippen molar-refractivity contribution < 1.29 is 23.8 Å². The smallest absolute Gasteiger partial charge is 0.358 e. The van der Waals surface area contributed by atoms with Gasteiger partial charge in [-0.25, -0.2) is 9.78 Å². The summed E-state index contributed by atoms with van der Waals surface area (Å²) in [4.78, 5) is 30.6. The number of imidazole rings is 1. The van der Waals surface area contributed by atoms with Gasteiger partial charge in [0.15, 0.2) is 10.9 Å². The average Bonchev–Trinajstić information content (AvgIpc) is 3.10. The Hall–Kier alpha value is -2.39. The summed E-state index contributed by atoms with van der Waals surface area (Å²) in [6, 6.07) is 3.14. The van der Waals surface area contributed by atoms with Gasteiger partial charge in [-0.15, -0.1) is 0 Å². The van der Waals surface area contributed by atoms with Gasteiger partial charge in [-0.3, -0.25) is 4.79 Å². The van der Waals surface area contributed by atoms with Crippen LogP contribution in [0.15, 0.2) is 23.5 Å². The molecule has 0 aliphatic heterocycles. The second kappa shape index (κ2) is 9.35. The van der Waals surface area contributed by atoms with Gasteiger partial charge in [0.25, 0.3) is 0 Å². The summed E-state index contributed by atoms with van der Waals surface area (Å²) in [7, 11) is 2.95. The lowest BCUT2D eigenvalue weighted by Gasteiger charge is -2.12. The Kier molecular flexibility index (Phi) is 7.16. The average molecular weight is 400 g/mol. The Morgan fingerprint density at radius 1 is 1.27 bits per heavy atom. The third-order valence-corrected chi connectivity index (χ3v) is 4.31. The van der Waals surface area contributed by atoms with Crippen LogP contribution in [0.3, 0.4) is 0 Å². The van der Waals surface area contributed by atoms with Crippen molar-refractivity contribution in [1.82, 2.24) is 9.97 Å². The van der Waals surface area contributed by atoms with Crippen LogP contribution in [-0.4, -0.2) is 48.4 Å². The minimum Gasteiger partial charge on any atom is -0.495 e. The highest BCUT2D eigenvalue weighted by Crippen LogP contribution is 2.35. The Bertz CT molecular complexity index is 796. The molecular formula is C16H18ClN3O5S. The summed E-state index contributed by atoms with van der Waals surface area (Å²) in [5, 5.41) is 3.53. The molecule has 1 aromatic carbocycles. The fourth-order valence-corrected chi connectivity index (χ4v) is 2.84. The van der Waals surface area contributed by atoms with E-state index < -0.39 is 5.97 Å². The molecule has 2 aromatic rings. The van der Waals surface area contributed by atoms with E-state index in [0.29, 0.717) is 27.4 Å². The standard InChI is InChI=1S/C16H18ClN3O5S/c1-4-25-15(22)11-7-18-16(20-11)26-8-14(21)19-10-6-12(23-2)9(17)5-13(10)24-3/h5-7H,4,8H2,1-3H3,(H,18,20)(H,19,21). The van der Waals surface area contributed by atoms with Crippen molar-refractivity contribution >= 4 is 40.9 Å². The van der Waals surface area contributed by atoms with E-state index in [4.69, 9.17) is 25.8 Å². The van der Waals surface area contributed by atoms with Crippen LogP contribution >= 0.6 is 23.4 Å². The van der Waals surface area contributed by atoms with Crippen LogP contribution in [0.2, 0.25) is 5.02 Å². The minimum absolute atomic E-state index is 0.0733. The fourth-order valence-electron chi connectivity index (χ4n) is 1.97. The number of anilines is 1. The molecule has 0 radical (unpaired) electrons. The highest BCUT2D eigenvalue weighted by atomic mass is 35.5. The van der Waals surface area contributed by atoms with Crippen LogP contribution in [0.25, 0.3) is 0 Å². The molecule has 0 saturated carbocycles. The molecule has 0 atom stereocenters. The molecule has 0 spiro atoms. The van der Waals surface area contributed by atoms with E-state index in [1.54, 1.807) is 19.1 Å². The van der Waals surface area contributed by atoms with E-state index in [0.717, 1.165) is 11.8 Å². The van der Waals surface area contributed by atoms with Crippen molar-refractivity contribution in [2.24, 2.45) is 0 Å². The Balaban J connectivity index is 1.98. The zero-order valence-electron chi connectivity index (χ0n) is 14.4. The summed E-state index contributed by atoms with van der Waals surface area (Å²) in [6.45, 7) is 1.98. The number of carbonyl (C=O) groups is 2. The van der Waals surface area contributed by atoms with E-state index in [2.05, 4.69) is 15.3 Å². The summed E-state index contributed by atoms with van der Waals surface area (Å²) in [5.74, 6) is 0.103. The number of methoxy groups -OCH3 is 2. The molecule has 0 unspecified atom stereocenters. The van der Waals surface area contributed by atoms with E-state index in [1.807, 2.05) is 0 Å². The number of benzene rings is 1. The largest absolute Gasteiger partial charge is 0.495 e. The minimum atomic E-state index is -0.516. The number of hydrogen-bond acceptors (Lipinski definition) is 7. The number of nitrogens with one attached hydrogen (secondary N) is 2. The molecule has 1 amide bonds. The molecule has 2 rings (SSSR count). The number of aromatic nitrogens is 2. The number of carbonyl (C=O) groups excluding carboxylic acids is 2. The van der Waals surface area contributed by atoms with E-state index in [-0.39, 0.29) is 24.0 Å². The van der Waals surface area contributed by atoms with Gasteiger partial charge in [-0.2, -0.15) is 0 Å². The molecule has 0 bridgehead atoms. The third kappa shape index (κ3) is 5.06. The molecule has 0 saturated heterocycles. The van der Waals surface area contributed by atoms with Crippen molar-refractivity contribution in [3.05, 3.63) is 29.0 Å². The lowest BCUT2D eigenvalue weighted by molar-refractivity contribution is -0.113.